The van der Waals surface area contributed by atoms with Gasteiger partial charge < -0.3 is 14.5 Å². The average molecular weight is 483 g/mol. The molecule has 2 aromatic heterocycles. The van der Waals surface area contributed by atoms with Gasteiger partial charge in [-0.05, 0) is 67.4 Å². The molecule has 7 nitrogen and oxygen atoms in total. The summed E-state index contributed by atoms with van der Waals surface area (Å²) in [6.45, 7) is 4.61. The van der Waals surface area contributed by atoms with Crippen LogP contribution in [0.15, 0.2) is 70.4 Å². The highest BCUT2D eigenvalue weighted by molar-refractivity contribution is 7.99. The van der Waals surface area contributed by atoms with Crippen molar-refractivity contribution < 1.29 is 13.9 Å². The highest BCUT2D eigenvalue weighted by atomic mass is 35.5. The Labute approximate surface area is 201 Å². The molecule has 1 N–H and O–H groups in total. The Morgan fingerprint density at radius 1 is 1.15 bits per heavy atom. The fourth-order valence-corrected chi connectivity index (χ4v) is 4.00. The number of nitrogens with zero attached hydrogens (tertiary/aromatic N) is 3. The van der Waals surface area contributed by atoms with Crippen molar-refractivity contribution in [1.29, 1.82) is 0 Å². The molecule has 0 unspecified atom stereocenters. The Bertz CT molecular complexity index is 1220. The largest absolute Gasteiger partial charge is 0.486 e. The number of amides is 1. The number of carbonyl (C=O) groups excluding carboxylic acids is 1. The molecule has 2 heterocycles. The molecular weight excluding hydrogens is 460 g/mol. The molecule has 0 radical (unpaired) electrons. The minimum absolute atomic E-state index is 0.111. The highest BCUT2D eigenvalue weighted by Gasteiger charge is 2.17. The number of hydrogen-bond donors (Lipinski definition) is 1. The molecule has 170 valence electrons. The fourth-order valence-electron chi connectivity index (χ4n) is 3.12. The number of hydrogen-bond acceptors (Lipinski definition) is 6. The minimum atomic E-state index is -0.111. The summed E-state index contributed by atoms with van der Waals surface area (Å²) in [4.78, 5) is 12.6. The van der Waals surface area contributed by atoms with Crippen molar-refractivity contribution >= 4 is 35.0 Å². The third kappa shape index (κ3) is 6.18. The molecule has 4 aromatic rings. The standard InChI is InChI=1S/C24H23ClN4O3S/c1-16-5-6-17(2)21(12-16)26-23(30)15-33-24-28-27-22(29(24)13-20-4-3-11-31-20)14-32-19-9-7-18(25)8-10-19/h3-12H,13-15H2,1-2H3,(H,26,30). The molecule has 0 aliphatic carbocycles. The molecule has 0 spiro atoms. The first kappa shape index (κ1) is 22.9. The van der Waals surface area contributed by atoms with Crippen LogP contribution in [-0.2, 0) is 17.9 Å². The second-order valence-electron chi connectivity index (χ2n) is 7.46. The van der Waals surface area contributed by atoms with Crippen LogP contribution in [0, 0.1) is 13.8 Å². The van der Waals surface area contributed by atoms with Gasteiger partial charge in [0.05, 0.1) is 18.6 Å². The topological polar surface area (TPSA) is 82.2 Å². The smallest absolute Gasteiger partial charge is 0.234 e. The SMILES string of the molecule is Cc1ccc(C)c(NC(=O)CSc2nnc(COc3ccc(Cl)cc3)n2Cc2ccco2)c1. The molecule has 0 aliphatic heterocycles. The molecule has 0 saturated carbocycles. The Balaban J connectivity index is 1.45. The molecule has 0 bridgehead atoms. The lowest BCUT2D eigenvalue weighted by Crippen LogP contribution is -2.16. The molecule has 4 rings (SSSR count). The van der Waals surface area contributed by atoms with E-state index in [2.05, 4.69) is 15.5 Å². The lowest BCUT2D eigenvalue weighted by atomic mass is 10.1. The zero-order valence-electron chi connectivity index (χ0n) is 18.2. The first-order valence-corrected chi connectivity index (χ1v) is 11.7. The van der Waals surface area contributed by atoms with Crippen molar-refractivity contribution in [2.45, 2.75) is 32.2 Å². The van der Waals surface area contributed by atoms with Gasteiger partial charge in [-0.25, -0.2) is 0 Å². The summed E-state index contributed by atoms with van der Waals surface area (Å²) in [5.74, 6) is 2.14. The van der Waals surface area contributed by atoms with E-state index in [9.17, 15) is 4.79 Å². The Hall–Kier alpha value is -3.23. The maximum absolute atomic E-state index is 12.6. The summed E-state index contributed by atoms with van der Waals surface area (Å²) in [6, 6.07) is 16.8. The van der Waals surface area contributed by atoms with E-state index in [0.29, 0.717) is 28.3 Å². The number of thioether (sulfide) groups is 1. The van der Waals surface area contributed by atoms with Crippen LogP contribution in [-0.4, -0.2) is 26.4 Å². The number of anilines is 1. The highest BCUT2D eigenvalue weighted by Crippen LogP contribution is 2.22. The fraction of sp³-hybridized carbons (Fsp3) is 0.208. The number of carbonyl (C=O) groups is 1. The van der Waals surface area contributed by atoms with E-state index < -0.39 is 0 Å². The van der Waals surface area contributed by atoms with E-state index in [1.807, 2.05) is 48.7 Å². The van der Waals surface area contributed by atoms with E-state index in [4.69, 9.17) is 20.8 Å². The number of benzene rings is 2. The molecular formula is C24H23ClN4O3S. The van der Waals surface area contributed by atoms with E-state index in [1.54, 1.807) is 30.5 Å². The lowest BCUT2D eigenvalue weighted by molar-refractivity contribution is -0.113. The van der Waals surface area contributed by atoms with E-state index >= 15 is 0 Å². The first-order chi connectivity index (χ1) is 16.0. The van der Waals surface area contributed by atoms with Gasteiger partial charge in [0.25, 0.3) is 0 Å². The van der Waals surface area contributed by atoms with Crippen LogP contribution < -0.4 is 10.1 Å². The van der Waals surface area contributed by atoms with E-state index in [1.165, 1.54) is 11.8 Å². The molecule has 9 heteroatoms. The first-order valence-electron chi connectivity index (χ1n) is 10.3. The van der Waals surface area contributed by atoms with Gasteiger partial charge in [-0.2, -0.15) is 0 Å². The van der Waals surface area contributed by atoms with Gasteiger partial charge in [0.1, 0.15) is 18.1 Å². The van der Waals surface area contributed by atoms with Gasteiger partial charge in [0.15, 0.2) is 11.0 Å². The Kier molecular flexibility index (Phi) is 7.36. The number of nitrogens with one attached hydrogen (secondary N) is 1. The van der Waals surface area contributed by atoms with E-state index in [0.717, 1.165) is 22.6 Å². The van der Waals surface area contributed by atoms with Crippen molar-refractivity contribution in [3.8, 4) is 5.75 Å². The quantitative estimate of drug-likeness (QED) is 0.317. The molecule has 0 aliphatic rings. The number of aryl methyl sites for hydroxylation is 2. The maximum Gasteiger partial charge on any atom is 0.234 e. The van der Waals surface area contributed by atoms with Gasteiger partial charge in [-0.1, -0.05) is 35.5 Å². The third-order valence-electron chi connectivity index (χ3n) is 4.87. The Morgan fingerprint density at radius 3 is 2.73 bits per heavy atom. The molecule has 2 aromatic carbocycles. The van der Waals surface area contributed by atoms with Crippen molar-refractivity contribution in [1.82, 2.24) is 14.8 Å². The van der Waals surface area contributed by atoms with Gasteiger partial charge >= 0.3 is 0 Å². The third-order valence-corrected chi connectivity index (χ3v) is 6.09. The number of furan rings is 1. The molecule has 1 amide bonds. The maximum atomic E-state index is 12.6. The zero-order chi connectivity index (χ0) is 23.2. The van der Waals surface area contributed by atoms with Crippen LogP contribution in [0.25, 0.3) is 0 Å². The molecule has 0 atom stereocenters. The zero-order valence-corrected chi connectivity index (χ0v) is 19.8. The minimum Gasteiger partial charge on any atom is -0.486 e. The number of ether oxygens (including phenoxy) is 1. The van der Waals surface area contributed by atoms with Crippen LogP contribution in [0.3, 0.4) is 0 Å². The monoisotopic (exact) mass is 482 g/mol. The summed E-state index contributed by atoms with van der Waals surface area (Å²) in [5.41, 5.74) is 2.92. The van der Waals surface area contributed by atoms with Crippen LogP contribution in [0.5, 0.6) is 5.75 Å². The second kappa shape index (κ2) is 10.6. The van der Waals surface area contributed by atoms with Gasteiger partial charge in [0.2, 0.25) is 5.91 Å². The second-order valence-corrected chi connectivity index (χ2v) is 8.84. The van der Waals surface area contributed by atoms with Crippen LogP contribution in [0.2, 0.25) is 5.02 Å². The predicted octanol–water partition coefficient (Wildman–Crippen LogP) is 5.50. The van der Waals surface area contributed by atoms with Crippen molar-refractivity contribution in [3.63, 3.8) is 0 Å². The van der Waals surface area contributed by atoms with Gasteiger partial charge in [-0.15, -0.1) is 10.2 Å². The van der Waals surface area contributed by atoms with Crippen LogP contribution >= 0.6 is 23.4 Å². The summed E-state index contributed by atoms with van der Waals surface area (Å²) < 4.78 is 13.2. The van der Waals surface area contributed by atoms with Crippen LogP contribution in [0.1, 0.15) is 22.7 Å². The van der Waals surface area contributed by atoms with Crippen molar-refractivity contribution in [3.05, 3.63) is 88.6 Å². The summed E-state index contributed by atoms with van der Waals surface area (Å²) in [7, 11) is 0. The number of aromatic nitrogens is 3. The summed E-state index contributed by atoms with van der Waals surface area (Å²) >= 11 is 7.25. The number of halogens is 1. The Morgan fingerprint density at radius 2 is 1.97 bits per heavy atom. The summed E-state index contributed by atoms with van der Waals surface area (Å²) in [6.07, 6.45) is 1.62. The lowest BCUT2D eigenvalue weighted by Gasteiger charge is -2.11. The predicted molar refractivity (Wildman–Crippen MR) is 129 cm³/mol. The van der Waals surface area contributed by atoms with Crippen molar-refractivity contribution in [2.75, 3.05) is 11.1 Å². The van der Waals surface area contributed by atoms with Crippen molar-refractivity contribution in [2.24, 2.45) is 0 Å². The normalized spacial score (nSPS) is 10.9. The summed E-state index contributed by atoms with van der Waals surface area (Å²) in [5, 5.41) is 12.8. The molecule has 0 fully saturated rings. The molecule has 0 saturated heterocycles. The average Bonchev–Trinajstić information content (AvgIpc) is 3.45. The van der Waals surface area contributed by atoms with Gasteiger partial charge in [0, 0.05) is 10.7 Å². The van der Waals surface area contributed by atoms with Gasteiger partial charge in [-0.3, -0.25) is 9.36 Å². The van der Waals surface area contributed by atoms with Crippen LogP contribution in [0.4, 0.5) is 5.69 Å². The number of rotatable bonds is 9. The van der Waals surface area contributed by atoms with E-state index in [-0.39, 0.29) is 18.3 Å². The molecule has 33 heavy (non-hydrogen) atoms.